The third-order valence-electron chi connectivity index (χ3n) is 7.88. The van der Waals surface area contributed by atoms with E-state index in [1.807, 2.05) is 10.9 Å². The molecule has 5 heterocycles. The predicted octanol–water partition coefficient (Wildman–Crippen LogP) is 3.00. The molecule has 40 heavy (non-hydrogen) atoms. The zero-order chi connectivity index (χ0) is 27.3. The average molecular weight is 542 g/mol. The lowest BCUT2D eigenvalue weighted by Gasteiger charge is -2.38. The summed E-state index contributed by atoms with van der Waals surface area (Å²) >= 11 is 0. The summed E-state index contributed by atoms with van der Waals surface area (Å²) in [6, 6.07) is 14.3. The SMILES string of the molecule is O=c1c2cnn(-c3ccc(F)cc3)c2ncn1CC1(O)CCN(Cc2ccc(-c3cnn4c3OCC4)cc2)CC1. The number of hydrogen-bond acceptors (Lipinski definition) is 7. The molecule has 2 aliphatic heterocycles. The summed E-state index contributed by atoms with van der Waals surface area (Å²) < 4.78 is 23.9. The lowest BCUT2D eigenvalue weighted by Crippen LogP contribution is -2.47. The van der Waals surface area contributed by atoms with Crippen LogP contribution >= 0.6 is 0 Å². The third-order valence-corrected chi connectivity index (χ3v) is 7.88. The van der Waals surface area contributed by atoms with Crippen molar-refractivity contribution in [2.45, 2.75) is 38.1 Å². The van der Waals surface area contributed by atoms with E-state index in [0.29, 0.717) is 36.2 Å². The number of aliphatic hydroxyl groups is 1. The second-order valence-corrected chi connectivity index (χ2v) is 10.6. The highest BCUT2D eigenvalue weighted by Crippen LogP contribution is 2.33. The normalized spacial score (nSPS) is 16.8. The van der Waals surface area contributed by atoms with Crippen molar-refractivity contribution < 1.29 is 14.2 Å². The predicted molar refractivity (Wildman–Crippen MR) is 146 cm³/mol. The maximum Gasteiger partial charge on any atom is 0.264 e. The zero-order valence-electron chi connectivity index (χ0n) is 21.8. The van der Waals surface area contributed by atoms with Crippen LogP contribution in [0.1, 0.15) is 18.4 Å². The smallest absolute Gasteiger partial charge is 0.264 e. The molecule has 0 bridgehead atoms. The van der Waals surface area contributed by atoms with Gasteiger partial charge in [-0.05, 0) is 48.2 Å². The van der Waals surface area contributed by atoms with Gasteiger partial charge >= 0.3 is 0 Å². The van der Waals surface area contributed by atoms with Gasteiger partial charge in [0.2, 0.25) is 5.88 Å². The standard InChI is InChI=1S/C29H28FN7O3/c30-22-5-7-23(8-6-22)37-26-25(16-33-37)27(38)35(19-31-26)18-29(39)9-11-34(12-10-29)17-20-1-3-21(4-2-20)24-15-32-36-13-14-40-28(24)36/h1-8,15-16,19,39H,9-14,17-18H2. The molecule has 3 aromatic heterocycles. The van der Waals surface area contributed by atoms with Crippen LogP contribution in [0, 0.1) is 5.82 Å². The van der Waals surface area contributed by atoms with Gasteiger partial charge in [-0.2, -0.15) is 10.2 Å². The fourth-order valence-electron chi connectivity index (χ4n) is 5.60. The van der Waals surface area contributed by atoms with Crippen molar-refractivity contribution in [3.8, 4) is 22.7 Å². The number of nitrogens with zero attached hydrogens (tertiary/aromatic N) is 7. The Morgan fingerprint density at radius 1 is 0.975 bits per heavy atom. The number of benzene rings is 2. The van der Waals surface area contributed by atoms with Crippen molar-refractivity contribution in [1.29, 1.82) is 0 Å². The van der Waals surface area contributed by atoms with Crippen LogP contribution in [0.4, 0.5) is 4.39 Å². The largest absolute Gasteiger partial charge is 0.475 e. The Balaban J connectivity index is 1.00. The van der Waals surface area contributed by atoms with E-state index in [-0.39, 0.29) is 17.9 Å². The molecule has 204 valence electrons. The van der Waals surface area contributed by atoms with Gasteiger partial charge in [-0.15, -0.1) is 0 Å². The summed E-state index contributed by atoms with van der Waals surface area (Å²) in [5.74, 6) is 0.481. The first-order valence-corrected chi connectivity index (χ1v) is 13.4. The number of aromatic nitrogens is 6. The highest BCUT2D eigenvalue weighted by Gasteiger charge is 2.33. The van der Waals surface area contributed by atoms with Crippen LogP contribution in [0.2, 0.25) is 0 Å². The summed E-state index contributed by atoms with van der Waals surface area (Å²) in [7, 11) is 0. The number of fused-ring (bicyclic) bond motifs is 2. The molecular weight excluding hydrogens is 513 g/mol. The Bertz CT molecular complexity index is 1730. The fourth-order valence-corrected chi connectivity index (χ4v) is 5.60. The third kappa shape index (κ3) is 4.46. The van der Waals surface area contributed by atoms with Crippen molar-refractivity contribution in [2.75, 3.05) is 19.7 Å². The maximum atomic E-state index is 13.3. The number of ether oxygens (including phenoxy) is 1. The van der Waals surface area contributed by atoms with E-state index >= 15 is 0 Å². The van der Waals surface area contributed by atoms with E-state index in [1.165, 1.54) is 39.5 Å². The summed E-state index contributed by atoms with van der Waals surface area (Å²) in [6.07, 6.45) is 5.87. The van der Waals surface area contributed by atoms with Gasteiger partial charge in [0, 0.05) is 19.6 Å². The summed E-state index contributed by atoms with van der Waals surface area (Å²) in [5.41, 5.74) is 3.03. The number of likely N-dealkylation sites (tertiary alicyclic amines) is 1. The Morgan fingerprint density at radius 3 is 2.52 bits per heavy atom. The molecular formula is C29H28FN7O3. The molecule has 11 heteroatoms. The first kappa shape index (κ1) is 24.7. The summed E-state index contributed by atoms with van der Waals surface area (Å²) in [4.78, 5) is 20.0. The molecule has 0 aliphatic carbocycles. The number of halogens is 1. The molecule has 2 aromatic carbocycles. The van der Waals surface area contributed by atoms with Crippen molar-refractivity contribution in [3.05, 3.63) is 89.0 Å². The Labute approximate surface area is 228 Å². The molecule has 0 amide bonds. The highest BCUT2D eigenvalue weighted by molar-refractivity contribution is 5.75. The van der Waals surface area contributed by atoms with Crippen LogP contribution in [0.5, 0.6) is 5.88 Å². The first-order chi connectivity index (χ1) is 19.5. The molecule has 0 atom stereocenters. The maximum absolute atomic E-state index is 13.3. The number of piperidine rings is 1. The van der Waals surface area contributed by atoms with Gasteiger partial charge in [0.1, 0.15) is 24.1 Å². The van der Waals surface area contributed by atoms with Gasteiger partial charge in [0.05, 0.1) is 42.3 Å². The molecule has 1 saturated heterocycles. The lowest BCUT2D eigenvalue weighted by atomic mass is 9.91. The van der Waals surface area contributed by atoms with E-state index in [9.17, 15) is 14.3 Å². The summed E-state index contributed by atoms with van der Waals surface area (Å²) in [6.45, 7) is 3.84. The van der Waals surface area contributed by atoms with Crippen molar-refractivity contribution in [2.24, 2.45) is 0 Å². The molecule has 0 unspecified atom stereocenters. The fraction of sp³-hybridized carbons (Fsp3) is 0.310. The van der Waals surface area contributed by atoms with Crippen LogP contribution in [-0.2, 0) is 19.6 Å². The Hall–Kier alpha value is -4.35. The minimum absolute atomic E-state index is 0.164. The van der Waals surface area contributed by atoms with Gasteiger partial charge in [0.25, 0.3) is 5.56 Å². The Kier molecular flexibility index (Phi) is 5.97. The minimum atomic E-state index is -1.00. The quantitative estimate of drug-likeness (QED) is 0.353. The van der Waals surface area contributed by atoms with E-state index < -0.39 is 5.60 Å². The molecule has 2 aliphatic rings. The zero-order valence-corrected chi connectivity index (χ0v) is 21.8. The molecule has 7 rings (SSSR count). The highest BCUT2D eigenvalue weighted by atomic mass is 19.1. The van der Waals surface area contributed by atoms with E-state index in [0.717, 1.165) is 43.2 Å². The van der Waals surface area contributed by atoms with Gasteiger partial charge in [-0.1, -0.05) is 24.3 Å². The Morgan fingerprint density at radius 2 is 1.75 bits per heavy atom. The van der Waals surface area contributed by atoms with Crippen LogP contribution in [0.25, 0.3) is 27.8 Å². The summed E-state index contributed by atoms with van der Waals surface area (Å²) in [5, 5.41) is 20.4. The van der Waals surface area contributed by atoms with Crippen LogP contribution in [-0.4, -0.2) is 64.4 Å². The van der Waals surface area contributed by atoms with Gasteiger partial charge in [-0.25, -0.2) is 18.7 Å². The van der Waals surface area contributed by atoms with Crippen LogP contribution < -0.4 is 10.3 Å². The topological polar surface area (TPSA) is 103 Å². The molecule has 10 nitrogen and oxygen atoms in total. The monoisotopic (exact) mass is 541 g/mol. The van der Waals surface area contributed by atoms with Crippen molar-refractivity contribution >= 4 is 11.0 Å². The second kappa shape index (κ2) is 9.68. The number of hydrogen-bond donors (Lipinski definition) is 1. The molecule has 1 fully saturated rings. The minimum Gasteiger partial charge on any atom is -0.475 e. The van der Waals surface area contributed by atoms with Crippen molar-refractivity contribution in [1.82, 2.24) is 34.0 Å². The van der Waals surface area contributed by atoms with Crippen LogP contribution in [0.3, 0.4) is 0 Å². The average Bonchev–Trinajstić information content (AvgIpc) is 3.70. The lowest BCUT2D eigenvalue weighted by molar-refractivity contribution is -0.0364. The molecule has 0 saturated carbocycles. The molecule has 0 spiro atoms. The van der Waals surface area contributed by atoms with Crippen LogP contribution in [0.15, 0.2) is 72.0 Å². The van der Waals surface area contributed by atoms with Gasteiger partial charge < -0.3 is 9.84 Å². The van der Waals surface area contributed by atoms with Gasteiger partial charge in [0.15, 0.2) is 5.65 Å². The molecule has 5 aromatic rings. The van der Waals surface area contributed by atoms with E-state index in [2.05, 4.69) is 44.3 Å². The first-order valence-electron chi connectivity index (χ1n) is 13.4. The van der Waals surface area contributed by atoms with E-state index in [4.69, 9.17) is 4.74 Å². The van der Waals surface area contributed by atoms with E-state index in [1.54, 1.807) is 12.1 Å². The van der Waals surface area contributed by atoms with Gasteiger partial charge in [-0.3, -0.25) is 14.3 Å². The molecule has 1 N–H and O–H groups in total. The van der Waals surface area contributed by atoms with Crippen molar-refractivity contribution in [3.63, 3.8) is 0 Å². The number of rotatable bonds is 6. The molecule has 0 radical (unpaired) electrons. The second-order valence-electron chi connectivity index (χ2n) is 10.6.